The largest absolute Gasteiger partial charge is 0.392 e. The zero-order valence-corrected chi connectivity index (χ0v) is 11.8. The number of benzene rings is 1. The molecule has 1 rings (SSSR count). The first-order valence-electron chi connectivity index (χ1n) is 6.28. The lowest BCUT2D eigenvalue weighted by atomic mass is 10.2. The van der Waals surface area contributed by atoms with Crippen LogP contribution in [0.15, 0.2) is 29.2 Å². The van der Waals surface area contributed by atoms with E-state index in [0.29, 0.717) is 0 Å². The van der Waals surface area contributed by atoms with Crippen molar-refractivity contribution in [3.8, 4) is 0 Å². The molecule has 96 valence electrons. The molecule has 0 radical (unpaired) electrons. The first kappa shape index (κ1) is 14.6. The number of rotatable bonds is 7. The summed E-state index contributed by atoms with van der Waals surface area (Å²) in [6.45, 7) is 8.05. The van der Waals surface area contributed by atoms with Crippen LogP contribution in [-0.4, -0.2) is 23.0 Å². The fourth-order valence-corrected chi connectivity index (χ4v) is 2.33. The van der Waals surface area contributed by atoms with Gasteiger partial charge in [0.25, 0.3) is 0 Å². The van der Waals surface area contributed by atoms with E-state index in [2.05, 4.69) is 36.5 Å². The highest BCUT2D eigenvalue weighted by Gasteiger charge is 2.09. The van der Waals surface area contributed by atoms with Gasteiger partial charge in [-0.05, 0) is 37.6 Å². The monoisotopic (exact) mass is 253 g/mol. The first-order valence-corrected chi connectivity index (χ1v) is 7.15. The van der Waals surface area contributed by atoms with Gasteiger partial charge in [0.05, 0.1) is 6.10 Å². The highest BCUT2D eigenvalue weighted by molar-refractivity contribution is 8.00. The average molecular weight is 253 g/mol. The molecule has 17 heavy (non-hydrogen) atoms. The summed E-state index contributed by atoms with van der Waals surface area (Å²) < 4.78 is 0. The molecule has 0 aliphatic carbocycles. The van der Waals surface area contributed by atoms with Gasteiger partial charge in [0.2, 0.25) is 0 Å². The summed E-state index contributed by atoms with van der Waals surface area (Å²) in [5, 5.41) is 13.1. The smallest absolute Gasteiger partial charge is 0.0631 e. The Morgan fingerprint density at radius 3 is 2.41 bits per heavy atom. The van der Waals surface area contributed by atoms with E-state index in [0.717, 1.165) is 13.1 Å². The van der Waals surface area contributed by atoms with E-state index in [9.17, 15) is 5.11 Å². The quantitative estimate of drug-likeness (QED) is 0.578. The predicted octanol–water partition coefficient (Wildman–Crippen LogP) is 3.05. The molecule has 0 saturated heterocycles. The van der Waals surface area contributed by atoms with Crippen molar-refractivity contribution >= 4 is 11.8 Å². The van der Waals surface area contributed by atoms with Crippen molar-refractivity contribution in [1.29, 1.82) is 0 Å². The molecule has 0 bridgehead atoms. The van der Waals surface area contributed by atoms with Crippen molar-refractivity contribution in [2.24, 2.45) is 0 Å². The van der Waals surface area contributed by atoms with Gasteiger partial charge in [-0.1, -0.05) is 26.0 Å². The third kappa shape index (κ3) is 5.57. The van der Waals surface area contributed by atoms with Gasteiger partial charge in [-0.2, -0.15) is 0 Å². The Hall–Kier alpha value is -0.510. The Morgan fingerprint density at radius 2 is 1.88 bits per heavy atom. The second-order valence-corrected chi connectivity index (χ2v) is 5.83. The minimum Gasteiger partial charge on any atom is -0.392 e. The van der Waals surface area contributed by atoms with Crippen molar-refractivity contribution in [2.45, 2.75) is 50.0 Å². The second-order valence-electron chi connectivity index (χ2n) is 4.38. The molecule has 0 aromatic heterocycles. The van der Waals surface area contributed by atoms with E-state index in [4.69, 9.17) is 0 Å². The van der Waals surface area contributed by atoms with E-state index in [-0.39, 0.29) is 11.4 Å². The normalized spacial score (nSPS) is 14.6. The number of hydrogen-bond acceptors (Lipinski definition) is 3. The number of nitrogens with one attached hydrogen (secondary N) is 1. The van der Waals surface area contributed by atoms with Crippen molar-refractivity contribution in [1.82, 2.24) is 5.32 Å². The lowest BCUT2D eigenvalue weighted by Crippen LogP contribution is -2.15. The van der Waals surface area contributed by atoms with E-state index < -0.39 is 0 Å². The van der Waals surface area contributed by atoms with Gasteiger partial charge in [-0.15, -0.1) is 11.8 Å². The molecule has 2 nitrogen and oxygen atoms in total. The number of aliphatic hydroxyl groups is 1. The Kier molecular flexibility index (Phi) is 6.63. The number of aliphatic hydroxyl groups excluding tert-OH is 1. The molecule has 0 spiro atoms. The average Bonchev–Trinajstić information content (AvgIpc) is 2.31. The molecule has 2 atom stereocenters. The molecule has 2 unspecified atom stereocenters. The summed E-state index contributed by atoms with van der Waals surface area (Å²) in [6.07, 6.45) is 0.894. The number of thioether (sulfide) groups is 1. The zero-order valence-electron chi connectivity index (χ0n) is 10.9. The van der Waals surface area contributed by atoms with E-state index >= 15 is 0 Å². The molecular formula is C14H23NOS. The molecule has 0 fully saturated rings. The van der Waals surface area contributed by atoms with Gasteiger partial charge in [-0.25, -0.2) is 0 Å². The molecule has 0 amide bonds. The molecule has 0 aliphatic rings. The lowest BCUT2D eigenvalue weighted by molar-refractivity contribution is 0.196. The molecule has 1 aromatic carbocycles. The van der Waals surface area contributed by atoms with Gasteiger partial charge < -0.3 is 10.4 Å². The van der Waals surface area contributed by atoms with Crippen molar-refractivity contribution in [3.05, 3.63) is 29.8 Å². The number of hydrogen-bond donors (Lipinski definition) is 2. The Balaban J connectivity index is 2.44. The van der Waals surface area contributed by atoms with Crippen LogP contribution in [0.5, 0.6) is 0 Å². The molecular weight excluding hydrogens is 230 g/mol. The van der Waals surface area contributed by atoms with Crippen molar-refractivity contribution in [2.75, 3.05) is 6.54 Å². The topological polar surface area (TPSA) is 32.3 Å². The molecule has 3 heteroatoms. The van der Waals surface area contributed by atoms with Crippen LogP contribution >= 0.6 is 11.8 Å². The zero-order chi connectivity index (χ0) is 12.7. The van der Waals surface area contributed by atoms with Crippen LogP contribution in [0.2, 0.25) is 0 Å². The molecule has 1 aromatic rings. The molecule has 0 aliphatic heterocycles. The maximum absolute atomic E-state index is 9.45. The van der Waals surface area contributed by atoms with E-state index in [1.54, 1.807) is 11.8 Å². The highest BCUT2D eigenvalue weighted by atomic mass is 32.2. The maximum Gasteiger partial charge on any atom is 0.0631 e. The lowest BCUT2D eigenvalue weighted by Gasteiger charge is -2.14. The minimum atomic E-state index is -0.272. The maximum atomic E-state index is 9.45. The van der Waals surface area contributed by atoms with Gasteiger partial charge in [0.1, 0.15) is 0 Å². The van der Waals surface area contributed by atoms with Crippen LogP contribution in [0.25, 0.3) is 0 Å². The highest BCUT2D eigenvalue weighted by Crippen LogP contribution is 2.25. The summed E-state index contributed by atoms with van der Waals surface area (Å²) in [7, 11) is 0. The fraction of sp³-hybridized carbons (Fsp3) is 0.571. The van der Waals surface area contributed by atoms with Gasteiger partial charge in [-0.3, -0.25) is 0 Å². The predicted molar refractivity (Wildman–Crippen MR) is 75.4 cm³/mol. The fourth-order valence-electron chi connectivity index (χ4n) is 1.41. The summed E-state index contributed by atoms with van der Waals surface area (Å²) in [4.78, 5) is 1.22. The third-order valence-corrected chi connectivity index (χ3v) is 3.99. The SMILES string of the molecule is CCCNCc1ccc(SC(C)C(C)O)cc1. The Bertz CT molecular complexity index is 311. The Labute approximate surface area is 109 Å². The van der Waals surface area contributed by atoms with E-state index in [1.807, 2.05) is 13.8 Å². The first-order chi connectivity index (χ1) is 8.13. The van der Waals surface area contributed by atoms with Gasteiger partial charge >= 0.3 is 0 Å². The van der Waals surface area contributed by atoms with Crippen LogP contribution in [0.4, 0.5) is 0 Å². The van der Waals surface area contributed by atoms with Crippen LogP contribution in [0, 0.1) is 0 Å². The molecule has 0 heterocycles. The minimum absolute atomic E-state index is 0.235. The van der Waals surface area contributed by atoms with Crippen molar-refractivity contribution < 1.29 is 5.11 Å². The van der Waals surface area contributed by atoms with E-state index in [1.165, 1.54) is 16.9 Å². The van der Waals surface area contributed by atoms with Crippen LogP contribution in [0.1, 0.15) is 32.8 Å². The summed E-state index contributed by atoms with van der Waals surface area (Å²) in [6, 6.07) is 8.57. The summed E-state index contributed by atoms with van der Waals surface area (Å²) in [5.41, 5.74) is 1.31. The van der Waals surface area contributed by atoms with Crippen LogP contribution in [0.3, 0.4) is 0 Å². The van der Waals surface area contributed by atoms with Gasteiger partial charge in [0.15, 0.2) is 0 Å². The van der Waals surface area contributed by atoms with Crippen molar-refractivity contribution in [3.63, 3.8) is 0 Å². The summed E-state index contributed by atoms with van der Waals surface area (Å²) >= 11 is 1.72. The molecule has 2 N–H and O–H groups in total. The second kappa shape index (κ2) is 7.75. The molecule has 0 saturated carbocycles. The Morgan fingerprint density at radius 1 is 1.24 bits per heavy atom. The van der Waals surface area contributed by atoms with Crippen LogP contribution in [-0.2, 0) is 6.54 Å². The van der Waals surface area contributed by atoms with Gasteiger partial charge in [0, 0.05) is 16.7 Å². The third-order valence-electron chi connectivity index (χ3n) is 2.68. The van der Waals surface area contributed by atoms with Crippen LogP contribution < -0.4 is 5.32 Å². The summed E-state index contributed by atoms with van der Waals surface area (Å²) in [5.74, 6) is 0. The standard InChI is InChI=1S/C14H23NOS/c1-4-9-15-10-13-5-7-14(8-6-13)17-12(3)11(2)16/h5-8,11-12,15-16H,4,9-10H2,1-3H3.